The van der Waals surface area contributed by atoms with Crippen molar-refractivity contribution in [3.05, 3.63) is 35.4 Å². The number of benzene rings is 1. The van der Waals surface area contributed by atoms with Crippen LogP contribution in [0.3, 0.4) is 0 Å². The molecule has 17 heavy (non-hydrogen) atoms. The van der Waals surface area contributed by atoms with Gasteiger partial charge in [-0.1, -0.05) is 12.1 Å². The van der Waals surface area contributed by atoms with Crippen molar-refractivity contribution < 1.29 is 19.7 Å². The number of carboxylic acid groups (broad SMARTS) is 1. The lowest BCUT2D eigenvalue weighted by atomic mass is 10.1. The van der Waals surface area contributed by atoms with Gasteiger partial charge in [-0.2, -0.15) is 5.26 Å². The van der Waals surface area contributed by atoms with Crippen LogP contribution in [-0.2, 0) is 4.79 Å². The van der Waals surface area contributed by atoms with Gasteiger partial charge in [0.15, 0.2) is 0 Å². The highest BCUT2D eigenvalue weighted by Crippen LogP contribution is 2.14. The van der Waals surface area contributed by atoms with Crippen LogP contribution in [0.25, 0.3) is 6.08 Å². The zero-order valence-electron chi connectivity index (χ0n) is 8.96. The van der Waals surface area contributed by atoms with Crippen molar-refractivity contribution in [2.24, 2.45) is 0 Å². The third kappa shape index (κ3) is 3.97. The second-order valence-electron chi connectivity index (χ2n) is 3.12. The van der Waals surface area contributed by atoms with E-state index >= 15 is 0 Å². The Bertz CT molecular complexity index is 456. The molecule has 0 fully saturated rings. The fraction of sp³-hybridized carbons (Fsp3) is 0.167. The summed E-state index contributed by atoms with van der Waals surface area (Å²) in [5, 5.41) is 25.8. The molecular formula is C12H11NO4. The highest BCUT2D eigenvalue weighted by Gasteiger charge is 2.05. The molecule has 0 spiro atoms. The minimum absolute atomic E-state index is 0.0702. The number of carbonyl (C=O) groups is 1. The van der Waals surface area contributed by atoms with Gasteiger partial charge in [-0.05, 0) is 23.8 Å². The summed E-state index contributed by atoms with van der Waals surface area (Å²) in [7, 11) is 0. The first-order valence-electron chi connectivity index (χ1n) is 4.86. The Morgan fingerprint density at radius 3 is 2.53 bits per heavy atom. The standard InChI is InChI=1S/C12H11NO4/c13-8-10(12(15)16)7-9-1-3-11(4-2-9)17-6-5-14/h1-4,7,14H,5-6H2,(H,15,16)/b10-7+. The topological polar surface area (TPSA) is 90.5 Å². The lowest BCUT2D eigenvalue weighted by molar-refractivity contribution is -0.132. The second-order valence-corrected chi connectivity index (χ2v) is 3.12. The Kier molecular flexibility index (Phi) is 4.73. The maximum atomic E-state index is 10.6. The van der Waals surface area contributed by atoms with Gasteiger partial charge in [-0.25, -0.2) is 4.79 Å². The van der Waals surface area contributed by atoms with Crippen LogP contribution < -0.4 is 4.74 Å². The number of hydrogen-bond acceptors (Lipinski definition) is 4. The quantitative estimate of drug-likeness (QED) is 0.586. The Morgan fingerprint density at radius 2 is 2.06 bits per heavy atom. The molecule has 0 bridgehead atoms. The molecule has 1 aromatic carbocycles. The number of hydrogen-bond donors (Lipinski definition) is 2. The van der Waals surface area contributed by atoms with E-state index in [9.17, 15) is 4.79 Å². The normalized spacial score (nSPS) is 10.7. The molecule has 2 N–H and O–H groups in total. The fourth-order valence-electron chi connectivity index (χ4n) is 1.13. The molecule has 0 aliphatic heterocycles. The Morgan fingerprint density at radius 1 is 1.41 bits per heavy atom. The average Bonchev–Trinajstić information content (AvgIpc) is 2.34. The number of rotatable bonds is 5. The van der Waals surface area contributed by atoms with Crippen LogP contribution in [-0.4, -0.2) is 29.4 Å². The predicted octanol–water partition coefficient (Wildman–Crippen LogP) is 1.05. The van der Waals surface area contributed by atoms with Gasteiger partial charge in [0.05, 0.1) is 6.61 Å². The van der Waals surface area contributed by atoms with E-state index in [0.717, 1.165) is 0 Å². The van der Waals surface area contributed by atoms with E-state index in [1.54, 1.807) is 30.3 Å². The Balaban J connectivity index is 2.81. The Hall–Kier alpha value is -2.32. The molecule has 0 amide bonds. The van der Waals surface area contributed by atoms with Crippen LogP contribution in [0.2, 0.25) is 0 Å². The summed E-state index contributed by atoms with van der Waals surface area (Å²) in [5.74, 6) is -0.682. The fourth-order valence-corrected chi connectivity index (χ4v) is 1.13. The number of aliphatic carboxylic acids is 1. The molecule has 0 saturated carbocycles. The van der Waals surface area contributed by atoms with E-state index in [4.69, 9.17) is 20.2 Å². The number of nitrogens with zero attached hydrogens (tertiary/aromatic N) is 1. The van der Waals surface area contributed by atoms with Crippen LogP contribution in [0.1, 0.15) is 5.56 Å². The molecule has 0 saturated heterocycles. The van der Waals surface area contributed by atoms with Crippen molar-refractivity contribution >= 4 is 12.0 Å². The van der Waals surface area contributed by atoms with Gasteiger partial charge in [0, 0.05) is 0 Å². The molecule has 0 aliphatic carbocycles. The van der Waals surface area contributed by atoms with Crippen LogP contribution >= 0.6 is 0 Å². The molecule has 0 radical (unpaired) electrons. The molecule has 1 rings (SSSR count). The van der Waals surface area contributed by atoms with Crippen molar-refractivity contribution in [1.82, 2.24) is 0 Å². The van der Waals surface area contributed by atoms with E-state index in [1.807, 2.05) is 0 Å². The third-order valence-electron chi connectivity index (χ3n) is 1.90. The molecule has 1 aromatic rings. The first-order chi connectivity index (χ1) is 8.17. The van der Waals surface area contributed by atoms with Crippen LogP contribution in [0.5, 0.6) is 5.75 Å². The second kappa shape index (κ2) is 6.30. The van der Waals surface area contributed by atoms with E-state index in [2.05, 4.69) is 0 Å². The molecule has 0 aromatic heterocycles. The third-order valence-corrected chi connectivity index (χ3v) is 1.90. The first-order valence-corrected chi connectivity index (χ1v) is 4.86. The van der Waals surface area contributed by atoms with E-state index in [0.29, 0.717) is 11.3 Å². The van der Waals surface area contributed by atoms with Crippen molar-refractivity contribution in [3.63, 3.8) is 0 Å². The SMILES string of the molecule is N#C/C(=C\c1ccc(OCCO)cc1)C(=O)O. The highest BCUT2D eigenvalue weighted by molar-refractivity contribution is 5.96. The van der Waals surface area contributed by atoms with Gasteiger partial charge >= 0.3 is 5.97 Å². The molecule has 0 unspecified atom stereocenters. The zero-order valence-corrected chi connectivity index (χ0v) is 8.96. The van der Waals surface area contributed by atoms with Gasteiger partial charge < -0.3 is 14.9 Å². The summed E-state index contributed by atoms with van der Waals surface area (Å²) in [5.41, 5.74) is 0.273. The predicted molar refractivity (Wildman–Crippen MR) is 60.2 cm³/mol. The monoisotopic (exact) mass is 233 g/mol. The van der Waals surface area contributed by atoms with Crippen LogP contribution in [0, 0.1) is 11.3 Å². The number of ether oxygens (including phenoxy) is 1. The molecule has 0 atom stereocenters. The van der Waals surface area contributed by atoms with Crippen molar-refractivity contribution in [3.8, 4) is 11.8 Å². The number of aliphatic hydroxyl groups excluding tert-OH is 1. The minimum atomic E-state index is -1.26. The lowest BCUT2D eigenvalue weighted by Gasteiger charge is -2.03. The average molecular weight is 233 g/mol. The summed E-state index contributed by atoms with van der Waals surface area (Å²) >= 11 is 0. The first kappa shape index (κ1) is 12.7. The molecule has 5 nitrogen and oxygen atoms in total. The molecular weight excluding hydrogens is 222 g/mol. The minimum Gasteiger partial charge on any atom is -0.491 e. The highest BCUT2D eigenvalue weighted by atomic mass is 16.5. The summed E-state index contributed by atoms with van der Waals surface area (Å²) in [6.07, 6.45) is 1.28. The number of aliphatic hydroxyl groups is 1. The van der Waals surface area contributed by atoms with Crippen molar-refractivity contribution in [2.45, 2.75) is 0 Å². The Labute approximate surface area is 98.2 Å². The molecule has 5 heteroatoms. The van der Waals surface area contributed by atoms with E-state index in [-0.39, 0.29) is 18.8 Å². The summed E-state index contributed by atoms with van der Waals surface area (Å²) in [6.45, 7) is 0.132. The number of nitriles is 1. The summed E-state index contributed by atoms with van der Waals surface area (Å²) in [4.78, 5) is 10.6. The largest absolute Gasteiger partial charge is 0.491 e. The lowest BCUT2D eigenvalue weighted by Crippen LogP contribution is -2.01. The molecule has 0 aliphatic rings. The van der Waals surface area contributed by atoms with Gasteiger partial charge in [0.25, 0.3) is 0 Å². The van der Waals surface area contributed by atoms with Gasteiger partial charge in [0.1, 0.15) is 24.0 Å². The summed E-state index contributed by atoms with van der Waals surface area (Å²) < 4.78 is 5.14. The molecule has 88 valence electrons. The van der Waals surface area contributed by atoms with Gasteiger partial charge in [0.2, 0.25) is 0 Å². The van der Waals surface area contributed by atoms with Crippen LogP contribution in [0.15, 0.2) is 29.8 Å². The van der Waals surface area contributed by atoms with E-state index < -0.39 is 5.97 Å². The number of carboxylic acids is 1. The van der Waals surface area contributed by atoms with Gasteiger partial charge in [-0.15, -0.1) is 0 Å². The zero-order chi connectivity index (χ0) is 12.7. The smallest absolute Gasteiger partial charge is 0.346 e. The van der Waals surface area contributed by atoms with Gasteiger partial charge in [-0.3, -0.25) is 0 Å². The molecule has 0 heterocycles. The summed E-state index contributed by atoms with van der Waals surface area (Å²) in [6, 6.07) is 8.13. The van der Waals surface area contributed by atoms with Crippen molar-refractivity contribution in [2.75, 3.05) is 13.2 Å². The van der Waals surface area contributed by atoms with Crippen LogP contribution in [0.4, 0.5) is 0 Å². The van der Waals surface area contributed by atoms with Crippen molar-refractivity contribution in [1.29, 1.82) is 5.26 Å². The maximum Gasteiger partial charge on any atom is 0.346 e. The maximum absolute atomic E-state index is 10.6. The van der Waals surface area contributed by atoms with E-state index in [1.165, 1.54) is 6.08 Å².